The van der Waals surface area contributed by atoms with Gasteiger partial charge in [0.2, 0.25) is 0 Å². The van der Waals surface area contributed by atoms with Crippen molar-refractivity contribution in [3.05, 3.63) is 28.8 Å². The van der Waals surface area contributed by atoms with Gasteiger partial charge >= 0.3 is 0 Å². The summed E-state index contributed by atoms with van der Waals surface area (Å²) in [5.41, 5.74) is 0.895. The Morgan fingerprint density at radius 3 is 2.75 bits per heavy atom. The number of benzene rings is 1. The number of aromatic hydroxyl groups is 1. The van der Waals surface area contributed by atoms with Gasteiger partial charge in [-0.15, -0.1) is 0 Å². The Labute approximate surface area is 103 Å². The quantitative estimate of drug-likeness (QED) is 0.847. The van der Waals surface area contributed by atoms with E-state index in [2.05, 4.69) is 25.8 Å². The number of phenols is 1. The van der Waals surface area contributed by atoms with E-state index in [0.29, 0.717) is 10.8 Å². The van der Waals surface area contributed by atoms with E-state index in [-0.39, 0.29) is 6.04 Å². The summed E-state index contributed by atoms with van der Waals surface area (Å²) in [5.74, 6) is 0.320. The summed E-state index contributed by atoms with van der Waals surface area (Å²) in [6.45, 7) is 5.29. The first-order chi connectivity index (χ1) is 7.56. The van der Waals surface area contributed by atoms with Crippen LogP contribution >= 0.6 is 11.6 Å². The van der Waals surface area contributed by atoms with Crippen LogP contribution in [0.5, 0.6) is 5.75 Å². The zero-order chi connectivity index (χ0) is 12.1. The van der Waals surface area contributed by atoms with Crippen LogP contribution in [-0.4, -0.2) is 23.6 Å². The van der Waals surface area contributed by atoms with Crippen LogP contribution in [0.2, 0.25) is 5.02 Å². The third-order valence-electron chi connectivity index (χ3n) is 2.97. The van der Waals surface area contributed by atoms with E-state index in [0.717, 1.165) is 12.1 Å². The maximum absolute atomic E-state index is 9.79. The molecule has 1 atom stereocenters. The van der Waals surface area contributed by atoms with Crippen LogP contribution in [0.25, 0.3) is 0 Å². The Morgan fingerprint density at radius 2 is 2.12 bits per heavy atom. The number of hydrogen-bond acceptors (Lipinski definition) is 2. The van der Waals surface area contributed by atoms with Crippen molar-refractivity contribution in [2.75, 3.05) is 13.6 Å². The minimum absolute atomic E-state index is 0.185. The van der Waals surface area contributed by atoms with E-state index < -0.39 is 0 Å². The van der Waals surface area contributed by atoms with Crippen LogP contribution in [0, 0.1) is 0 Å². The zero-order valence-electron chi connectivity index (χ0n) is 10.2. The minimum atomic E-state index is 0.185. The Morgan fingerprint density at radius 1 is 1.44 bits per heavy atom. The molecule has 0 aromatic heterocycles. The van der Waals surface area contributed by atoms with E-state index in [1.807, 2.05) is 6.07 Å². The Hall–Kier alpha value is -0.730. The lowest BCUT2D eigenvalue weighted by Gasteiger charge is -2.25. The molecule has 90 valence electrons. The third-order valence-corrected chi connectivity index (χ3v) is 3.20. The van der Waals surface area contributed by atoms with Gasteiger partial charge in [-0.2, -0.15) is 0 Å². The van der Waals surface area contributed by atoms with Gasteiger partial charge in [-0.3, -0.25) is 4.90 Å². The molecule has 0 aliphatic heterocycles. The predicted molar refractivity (Wildman–Crippen MR) is 69.1 cm³/mol. The van der Waals surface area contributed by atoms with Gasteiger partial charge in [0.15, 0.2) is 0 Å². The maximum Gasteiger partial charge on any atom is 0.120 e. The molecular weight excluding hydrogens is 222 g/mol. The number of rotatable bonds is 5. The first kappa shape index (κ1) is 13.3. The highest BCUT2D eigenvalue weighted by Gasteiger charge is 2.15. The summed E-state index contributed by atoms with van der Waals surface area (Å²) in [7, 11) is 2.07. The highest BCUT2D eigenvalue weighted by atomic mass is 35.5. The van der Waals surface area contributed by atoms with Crippen LogP contribution in [0.15, 0.2) is 18.2 Å². The number of halogens is 1. The van der Waals surface area contributed by atoms with Crippen LogP contribution in [0.3, 0.4) is 0 Å². The molecule has 0 spiro atoms. The van der Waals surface area contributed by atoms with Crippen molar-refractivity contribution >= 4 is 11.6 Å². The molecule has 0 radical (unpaired) electrons. The summed E-state index contributed by atoms with van der Waals surface area (Å²) in [6, 6.07) is 5.38. The van der Waals surface area contributed by atoms with Crippen molar-refractivity contribution in [2.45, 2.75) is 32.7 Å². The van der Waals surface area contributed by atoms with Gasteiger partial charge in [-0.05, 0) is 45.1 Å². The lowest BCUT2D eigenvalue weighted by molar-refractivity contribution is 0.252. The molecule has 1 aromatic rings. The lowest BCUT2D eigenvalue weighted by Crippen LogP contribution is -2.23. The summed E-state index contributed by atoms with van der Waals surface area (Å²) in [4.78, 5) is 2.23. The van der Waals surface area contributed by atoms with Gasteiger partial charge in [0.1, 0.15) is 5.75 Å². The summed E-state index contributed by atoms with van der Waals surface area (Å²) < 4.78 is 0. The molecular formula is C13H20ClNO. The van der Waals surface area contributed by atoms with Crippen LogP contribution in [0.1, 0.15) is 38.3 Å². The number of hydrogen-bond donors (Lipinski definition) is 1. The van der Waals surface area contributed by atoms with Crippen molar-refractivity contribution in [1.82, 2.24) is 4.90 Å². The van der Waals surface area contributed by atoms with Crippen LogP contribution in [0.4, 0.5) is 0 Å². The first-order valence-electron chi connectivity index (χ1n) is 5.75. The normalized spacial score (nSPS) is 13.1. The summed E-state index contributed by atoms with van der Waals surface area (Å²) in [5, 5.41) is 10.5. The van der Waals surface area contributed by atoms with Crippen LogP contribution < -0.4 is 0 Å². The second-order valence-electron chi connectivity index (χ2n) is 4.21. The van der Waals surface area contributed by atoms with Gasteiger partial charge in [0.05, 0.1) is 0 Å². The van der Waals surface area contributed by atoms with Gasteiger partial charge < -0.3 is 5.11 Å². The molecule has 0 fully saturated rings. The van der Waals surface area contributed by atoms with E-state index >= 15 is 0 Å². The van der Waals surface area contributed by atoms with E-state index in [4.69, 9.17) is 11.6 Å². The maximum atomic E-state index is 9.79. The van der Waals surface area contributed by atoms with E-state index in [9.17, 15) is 5.11 Å². The Balaban J connectivity index is 2.78. The molecule has 16 heavy (non-hydrogen) atoms. The molecule has 0 aliphatic rings. The van der Waals surface area contributed by atoms with Crippen molar-refractivity contribution in [3.8, 4) is 5.75 Å². The highest BCUT2D eigenvalue weighted by molar-refractivity contribution is 6.30. The average molecular weight is 242 g/mol. The monoisotopic (exact) mass is 241 g/mol. The topological polar surface area (TPSA) is 23.5 Å². The zero-order valence-corrected chi connectivity index (χ0v) is 11.0. The fourth-order valence-corrected chi connectivity index (χ4v) is 1.88. The van der Waals surface area contributed by atoms with Crippen LogP contribution in [-0.2, 0) is 0 Å². The molecule has 2 nitrogen and oxygen atoms in total. The fraction of sp³-hybridized carbons (Fsp3) is 0.538. The molecule has 0 saturated carbocycles. The molecule has 0 aliphatic carbocycles. The molecule has 3 heteroatoms. The predicted octanol–water partition coefficient (Wildman–Crippen LogP) is 3.84. The largest absolute Gasteiger partial charge is 0.508 e. The Bertz CT molecular complexity index is 341. The molecule has 1 aromatic carbocycles. The van der Waals surface area contributed by atoms with Gasteiger partial charge in [-0.1, -0.05) is 24.9 Å². The SMILES string of the molecule is CCCCN(C)C(C)c1cc(Cl)ccc1O. The van der Waals surface area contributed by atoms with Crippen molar-refractivity contribution in [1.29, 1.82) is 0 Å². The first-order valence-corrected chi connectivity index (χ1v) is 6.12. The molecule has 1 N–H and O–H groups in total. The summed E-state index contributed by atoms with van der Waals surface area (Å²) >= 11 is 5.94. The fourth-order valence-electron chi connectivity index (χ4n) is 1.70. The highest BCUT2D eigenvalue weighted by Crippen LogP contribution is 2.30. The lowest BCUT2D eigenvalue weighted by atomic mass is 10.1. The standard InChI is InChI=1S/C13H20ClNO/c1-4-5-8-15(3)10(2)12-9-11(14)6-7-13(12)16/h6-7,9-10,16H,4-5,8H2,1-3H3. The molecule has 1 rings (SSSR count). The minimum Gasteiger partial charge on any atom is -0.508 e. The van der Waals surface area contributed by atoms with Gasteiger partial charge in [0, 0.05) is 16.6 Å². The van der Waals surface area contributed by atoms with Crippen molar-refractivity contribution < 1.29 is 5.11 Å². The summed E-state index contributed by atoms with van der Waals surface area (Å²) in [6.07, 6.45) is 2.35. The molecule has 1 unspecified atom stereocenters. The molecule has 0 amide bonds. The smallest absolute Gasteiger partial charge is 0.120 e. The Kier molecular flexibility index (Phi) is 5.10. The van der Waals surface area contributed by atoms with Crippen molar-refractivity contribution in [2.24, 2.45) is 0 Å². The van der Waals surface area contributed by atoms with Gasteiger partial charge in [0.25, 0.3) is 0 Å². The van der Waals surface area contributed by atoms with Crippen molar-refractivity contribution in [3.63, 3.8) is 0 Å². The second-order valence-corrected chi connectivity index (χ2v) is 4.65. The molecule has 0 heterocycles. The number of unbranched alkanes of at least 4 members (excludes halogenated alkanes) is 1. The molecule has 0 saturated heterocycles. The second kappa shape index (κ2) is 6.12. The average Bonchev–Trinajstić information content (AvgIpc) is 2.28. The number of nitrogens with zero attached hydrogens (tertiary/aromatic N) is 1. The number of phenolic OH excluding ortho intramolecular Hbond substituents is 1. The molecule has 0 bridgehead atoms. The van der Waals surface area contributed by atoms with Gasteiger partial charge in [-0.25, -0.2) is 0 Å². The van der Waals surface area contributed by atoms with E-state index in [1.165, 1.54) is 12.8 Å². The van der Waals surface area contributed by atoms with E-state index in [1.54, 1.807) is 12.1 Å². The third kappa shape index (κ3) is 3.39.